The summed E-state index contributed by atoms with van der Waals surface area (Å²) in [7, 11) is 0. The van der Waals surface area contributed by atoms with Gasteiger partial charge in [0.25, 0.3) is 0 Å². The number of hydrogen-bond donors (Lipinski definition) is 2. The van der Waals surface area contributed by atoms with E-state index in [4.69, 9.17) is 9.47 Å². The number of morpholine rings is 2. The van der Waals surface area contributed by atoms with Crippen LogP contribution in [0.15, 0.2) is 60.7 Å². The maximum absolute atomic E-state index is 6.13. The second kappa shape index (κ2) is 8.78. The van der Waals surface area contributed by atoms with Crippen LogP contribution in [-0.4, -0.2) is 50.6 Å². The fourth-order valence-electron chi connectivity index (χ4n) is 3.82. The fraction of sp³-hybridized carbons (Fsp3) is 0.455. The molecule has 2 aliphatic heterocycles. The van der Waals surface area contributed by atoms with Gasteiger partial charge in [0, 0.05) is 25.2 Å². The van der Waals surface area contributed by atoms with Gasteiger partial charge >= 0.3 is 0 Å². The standard InChI is InChI=1S/C22H28N2O2/c1-3-7-17(8-4-1)11-19-15-25-21(13-23-19)22-14-24-20(16-26-22)12-18-9-5-2-6-10-18/h1-10,19-24H,11-16H2/t19-,20-,21+,22+/m1/s1. The average molecular weight is 352 g/mol. The molecule has 0 spiro atoms. The Morgan fingerprint density at radius 1 is 0.654 bits per heavy atom. The molecule has 4 atom stereocenters. The zero-order chi connectivity index (χ0) is 17.6. The van der Waals surface area contributed by atoms with E-state index in [9.17, 15) is 0 Å². The third-order valence-corrected chi connectivity index (χ3v) is 5.30. The van der Waals surface area contributed by atoms with Crippen LogP contribution < -0.4 is 10.6 Å². The summed E-state index contributed by atoms with van der Waals surface area (Å²) in [6.45, 7) is 3.19. The maximum Gasteiger partial charge on any atom is 0.0974 e. The van der Waals surface area contributed by atoms with Crippen LogP contribution in [0.5, 0.6) is 0 Å². The van der Waals surface area contributed by atoms with E-state index in [1.807, 2.05) is 0 Å². The molecule has 2 aliphatic rings. The van der Waals surface area contributed by atoms with Crippen molar-refractivity contribution in [3.63, 3.8) is 0 Å². The van der Waals surface area contributed by atoms with Gasteiger partial charge in [0.1, 0.15) is 0 Å². The Balaban J connectivity index is 1.20. The Bertz CT molecular complexity index is 589. The van der Waals surface area contributed by atoms with Crippen LogP contribution >= 0.6 is 0 Å². The van der Waals surface area contributed by atoms with Crippen molar-refractivity contribution in [1.29, 1.82) is 0 Å². The first-order valence-corrected chi connectivity index (χ1v) is 9.64. The van der Waals surface area contributed by atoms with Crippen molar-refractivity contribution in [2.24, 2.45) is 0 Å². The van der Waals surface area contributed by atoms with Crippen molar-refractivity contribution in [3.8, 4) is 0 Å². The van der Waals surface area contributed by atoms with Crippen molar-refractivity contribution >= 4 is 0 Å². The Morgan fingerprint density at radius 3 is 1.42 bits per heavy atom. The lowest BCUT2D eigenvalue weighted by Gasteiger charge is -2.38. The van der Waals surface area contributed by atoms with E-state index in [1.54, 1.807) is 0 Å². The Kier molecular flexibility index (Phi) is 5.97. The molecule has 0 aliphatic carbocycles. The van der Waals surface area contributed by atoms with Crippen molar-refractivity contribution in [1.82, 2.24) is 10.6 Å². The molecule has 0 bridgehead atoms. The molecule has 0 amide bonds. The quantitative estimate of drug-likeness (QED) is 0.866. The lowest BCUT2D eigenvalue weighted by atomic mass is 10.0. The Morgan fingerprint density at radius 2 is 1.08 bits per heavy atom. The van der Waals surface area contributed by atoms with Gasteiger partial charge in [-0.1, -0.05) is 60.7 Å². The molecule has 2 saturated heterocycles. The molecule has 0 radical (unpaired) electrons. The first-order valence-electron chi connectivity index (χ1n) is 9.64. The van der Waals surface area contributed by atoms with Crippen LogP contribution in [0.1, 0.15) is 11.1 Å². The molecule has 4 rings (SSSR count). The van der Waals surface area contributed by atoms with Crippen LogP contribution in [0.3, 0.4) is 0 Å². The summed E-state index contributed by atoms with van der Waals surface area (Å²) in [6, 6.07) is 22.0. The molecule has 0 aromatic heterocycles. The van der Waals surface area contributed by atoms with Gasteiger partial charge in [-0.2, -0.15) is 0 Å². The molecule has 2 fully saturated rings. The number of rotatable bonds is 5. The highest BCUT2D eigenvalue weighted by Crippen LogP contribution is 2.16. The summed E-state index contributed by atoms with van der Waals surface area (Å²) >= 11 is 0. The fourth-order valence-corrected chi connectivity index (χ4v) is 3.82. The maximum atomic E-state index is 6.13. The topological polar surface area (TPSA) is 42.5 Å². The van der Waals surface area contributed by atoms with Gasteiger partial charge in [-0.05, 0) is 24.0 Å². The minimum absolute atomic E-state index is 0.132. The van der Waals surface area contributed by atoms with Crippen molar-refractivity contribution in [3.05, 3.63) is 71.8 Å². The lowest BCUT2D eigenvalue weighted by Crippen LogP contribution is -2.58. The Labute approximate surface area is 155 Å². The minimum atomic E-state index is 0.132. The molecule has 2 heterocycles. The summed E-state index contributed by atoms with van der Waals surface area (Å²) in [5, 5.41) is 7.27. The van der Waals surface area contributed by atoms with Crippen molar-refractivity contribution in [2.45, 2.75) is 37.1 Å². The van der Waals surface area contributed by atoms with E-state index in [2.05, 4.69) is 71.3 Å². The number of ether oxygens (including phenoxy) is 2. The molecule has 0 unspecified atom stereocenters. The highest BCUT2D eigenvalue weighted by atomic mass is 16.5. The van der Waals surface area contributed by atoms with Gasteiger partial charge in [-0.25, -0.2) is 0 Å². The van der Waals surface area contributed by atoms with E-state index in [0.29, 0.717) is 12.1 Å². The number of hydrogen-bond acceptors (Lipinski definition) is 4. The van der Waals surface area contributed by atoms with Gasteiger partial charge in [-0.3, -0.25) is 0 Å². The molecule has 2 aromatic rings. The van der Waals surface area contributed by atoms with Gasteiger partial charge < -0.3 is 20.1 Å². The third kappa shape index (κ3) is 4.71. The molecular weight excluding hydrogens is 324 g/mol. The minimum Gasteiger partial charge on any atom is -0.373 e. The summed E-state index contributed by atoms with van der Waals surface area (Å²) < 4.78 is 12.3. The van der Waals surface area contributed by atoms with E-state index in [-0.39, 0.29) is 12.2 Å². The molecule has 0 saturated carbocycles. The molecule has 4 nitrogen and oxygen atoms in total. The molecule has 4 heteroatoms. The number of benzene rings is 2. The summed E-state index contributed by atoms with van der Waals surface area (Å²) in [6.07, 6.45) is 2.28. The molecule has 138 valence electrons. The molecular formula is C22H28N2O2. The molecule has 2 N–H and O–H groups in total. The first-order chi connectivity index (χ1) is 12.9. The summed E-state index contributed by atoms with van der Waals surface area (Å²) in [5.74, 6) is 0. The van der Waals surface area contributed by atoms with Crippen LogP contribution in [0.4, 0.5) is 0 Å². The average Bonchev–Trinajstić information content (AvgIpc) is 2.71. The predicted molar refractivity (Wildman–Crippen MR) is 103 cm³/mol. The molecule has 2 aromatic carbocycles. The predicted octanol–water partition coefficient (Wildman–Crippen LogP) is 2.19. The van der Waals surface area contributed by atoms with E-state index >= 15 is 0 Å². The summed E-state index contributed by atoms with van der Waals surface area (Å²) in [4.78, 5) is 0. The van der Waals surface area contributed by atoms with Gasteiger partial charge in [0.2, 0.25) is 0 Å². The van der Waals surface area contributed by atoms with Gasteiger partial charge in [0.05, 0.1) is 25.4 Å². The van der Waals surface area contributed by atoms with E-state index in [0.717, 1.165) is 39.1 Å². The highest BCUT2D eigenvalue weighted by molar-refractivity contribution is 5.17. The lowest BCUT2D eigenvalue weighted by molar-refractivity contribution is -0.111. The van der Waals surface area contributed by atoms with Gasteiger partial charge in [0.15, 0.2) is 0 Å². The molecule has 26 heavy (non-hydrogen) atoms. The van der Waals surface area contributed by atoms with Crippen LogP contribution in [-0.2, 0) is 22.3 Å². The smallest absolute Gasteiger partial charge is 0.0974 e. The monoisotopic (exact) mass is 352 g/mol. The zero-order valence-electron chi connectivity index (χ0n) is 15.1. The van der Waals surface area contributed by atoms with Crippen molar-refractivity contribution in [2.75, 3.05) is 26.3 Å². The van der Waals surface area contributed by atoms with E-state index < -0.39 is 0 Å². The second-order valence-electron chi connectivity index (χ2n) is 7.33. The first kappa shape index (κ1) is 17.7. The van der Waals surface area contributed by atoms with Crippen LogP contribution in [0, 0.1) is 0 Å². The summed E-state index contributed by atoms with van der Waals surface area (Å²) in [5.41, 5.74) is 2.71. The number of nitrogens with one attached hydrogen (secondary N) is 2. The van der Waals surface area contributed by atoms with Gasteiger partial charge in [-0.15, -0.1) is 0 Å². The zero-order valence-corrected chi connectivity index (χ0v) is 15.1. The Hall–Kier alpha value is -1.72. The SMILES string of the molecule is c1ccc(C[C@@H]2CO[C@H]([C@@H]3CN[C@H](Cc4ccccc4)CO3)CN2)cc1. The van der Waals surface area contributed by atoms with E-state index in [1.165, 1.54) is 11.1 Å². The van der Waals surface area contributed by atoms with Crippen LogP contribution in [0.25, 0.3) is 0 Å². The second-order valence-corrected chi connectivity index (χ2v) is 7.33. The van der Waals surface area contributed by atoms with Crippen LogP contribution in [0.2, 0.25) is 0 Å². The van der Waals surface area contributed by atoms with Crippen molar-refractivity contribution < 1.29 is 9.47 Å². The normalized spacial score (nSPS) is 29.4. The third-order valence-electron chi connectivity index (χ3n) is 5.30. The highest BCUT2D eigenvalue weighted by Gasteiger charge is 2.32. The largest absolute Gasteiger partial charge is 0.373 e.